The summed E-state index contributed by atoms with van der Waals surface area (Å²) in [7, 11) is 0. The smallest absolute Gasteiger partial charge is 0.272 e. The molecule has 0 atom stereocenters. The van der Waals surface area contributed by atoms with Gasteiger partial charge in [-0.1, -0.05) is 36.3 Å². The Kier molecular flexibility index (Phi) is 5.00. The van der Waals surface area contributed by atoms with Crippen LogP contribution in [0.25, 0.3) is 16.3 Å². The molecule has 0 radical (unpaired) electrons. The lowest BCUT2D eigenvalue weighted by atomic mass is 10.2. The summed E-state index contributed by atoms with van der Waals surface area (Å²) in [4.78, 5) is 17.3. The third-order valence-corrected chi connectivity index (χ3v) is 5.47. The number of amides is 1. The van der Waals surface area contributed by atoms with Gasteiger partial charge in [-0.05, 0) is 47.9 Å². The van der Waals surface area contributed by atoms with Gasteiger partial charge in [-0.15, -0.1) is 6.42 Å². The molecule has 0 fully saturated rings. The molecule has 0 spiro atoms. The highest BCUT2D eigenvalue weighted by Crippen LogP contribution is 2.32. The number of hydrogen-bond donors (Lipinski definition) is 0. The van der Waals surface area contributed by atoms with Crippen LogP contribution >= 0.6 is 11.3 Å². The minimum atomic E-state index is -0.342. The van der Waals surface area contributed by atoms with Crippen molar-refractivity contribution in [2.75, 3.05) is 6.79 Å². The van der Waals surface area contributed by atoms with Gasteiger partial charge >= 0.3 is 0 Å². The summed E-state index contributed by atoms with van der Waals surface area (Å²) in [5, 5.41) is 0. The number of thiazole rings is 1. The lowest BCUT2D eigenvalue weighted by Crippen LogP contribution is -2.15. The standard InChI is InChI=1S/C22H18N2O3S/c1-3-11-24-17-8-5-15(4-2)13-20(17)28-22(24)23-21(25)10-7-16-6-9-18-19(12-16)27-14-26-18/h1,5-10,12-13H,4,11,14H2,2H3/b10-7-,23-22?. The Morgan fingerprint density at radius 1 is 1.29 bits per heavy atom. The van der Waals surface area contributed by atoms with Crippen molar-refractivity contribution in [1.29, 1.82) is 0 Å². The van der Waals surface area contributed by atoms with E-state index in [0.717, 1.165) is 22.2 Å². The molecule has 1 aliphatic heterocycles. The van der Waals surface area contributed by atoms with Gasteiger partial charge < -0.3 is 14.0 Å². The second-order valence-corrected chi connectivity index (χ2v) is 7.24. The van der Waals surface area contributed by atoms with Gasteiger partial charge in [0.05, 0.1) is 16.8 Å². The highest BCUT2D eigenvalue weighted by molar-refractivity contribution is 7.16. The number of carbonyl (C=O) groups excluding carboxylic acids is 1. The first kappa shape index (κ1) is 18.1. The van der Waals surface area contributed by atoms with Crippen molar-refractivity contribution < 1.29 is 14.3 Å². The molecule has 0 saturated carbocycles. The normalized spacial score (nSPS) is 13.4. The van der Waals surface area contributed by atoms with Gasteiger partial charge in [0.1, 0.15) is 0 Å². The van der Waals surface area contributed by atoms with Gasteiger partial charge in [0.25, 0.3) is 5.91 Å². The number of carbonyl (C=O) groups is 1. The molecule has 1 aliphatic rings. The molecule has 2 aromatic carbocycles. The van der Waals surface area contributed by atoms with Crippen molar-refractivity contribution in [3.63, 3.8) is 0 Å². The van der Waals surface area contributed by atoms with Crippen LogP contribution in [0.2, 0.25) is 0 Å². The molecule has 0 bridgehead atoms. The van der Waals surface area contributed by atoms with E-state index >= 15 is 0 Å². The molecular formula is C22H18N2O3S. The fourth-order valence-electron chi connectivity index (χ4n) is 2.98. The lowest BCUT2D eigenvalue weighted by molar-refractivity contribution is -0.113. The Morgan fingerprint density at radius 2 is 2.14 bits per heavy atom. The maximum atomic E-state index is 12.4. The first-order valence-corrected chi connectivity index (χ1v) is 9.71. The van der Waals surface area contributed by atoms with Gasteiger partial charge in [-0.25, -0.2) is 0 Å². The maximum absolute atomic E-state index is 12.4. The zero-order chi connectivity index (χ0) is 19.5. The average molecular weight is 390 g/mol. The number of terminal acetylenes is 1. The summed E-state index contributed by atoms with van der Waals surface area (Å²) in [5.41, 5.74) is 3.07. The first-order chi connectivity index (χ1) is 13.7. The van der Waals surface area contributed by atoms with E-state index in [4.69, 9.17) is 15.9 Å². The van der Waals surface area contributed by atoms with Crippen molar-refractivity contribution in [3.05, 3.63) is 58.4 Å². The summed E-state index contributed by atoms with van der Waals surface area (Å²) in [5.74, 6) is 3.68. The Bertz CT molecular complexity index is 1190. The van der Waals surface area contributed by atoms with Gasteiger partial charge in [0.2, 0.25) is 6.79 Å². The second kappa shape index (κ2) is 7.75. The van der Waals surface area contributed by atoms with Crippen LogP contribution < -0.4 is 14.3 Å². The SMILES string of the molecule is C#CCn1c(=NC(=O)/C=C\c2ccc3c(c2)OCO3)sc2cc(CC)ccc21. The summed E-state index contributed by atoms with van der Waals surface area (Å²) < 4.78 is 13.6. The first-order valence-electron chi connectivity index (χ1n) is 8.90. The minimum absolute atomic E-state index is 0.220. The van der Waals surface area contributed by atoms with Crippen LogP contribution in [0.15, 0.2) is 47.5 Å². The predicted molar refractivity (Wildman–Crippen MR) is 110 cm³/mol. The van der Waals surface area contributed by atoms with Crippen molar-refractivity contribution in [3.8, 4) is 23.8 Å². The van der Waals surface area contributed by atoms with Crippen LogP contribution in [0, 0.1) is 12.3 Å². The Balaban J connectivity index is 1.65. The summed E-state index contributed by atoms with van der Waals surface area (Å²) in [6.07, 6.45) is 9.62. The zero-order valence-electron chi connectivity index (χ0n) is 15.3. The quantitative estimate of drug-likeness (QED) is 0.503. The van der Waals surface area contributed by atoms with Gasteiger partial charge in [-0.3, -0.25) is 4.79 Å². The molecule has 5 nitrogen and oxygen atoms in total. The van der Waals surface area contributed by atoms with E-state index < -0.39 is 0 Å². The number of aromatic nitrogens is 1. The topological polar surface area (TPSA) is 52.8 Å². The number of ether oxygens (including phenoxy) is 2. The van der Waals surface area contributed by atoms with Gasteiger partial charge in [-0.2, -0.15) is 4.99 Å². The third-order valence-electron chi connectivity index (χ3n) is 4.43. The van der Waals surface area contributed by atoms with Gasteiger partial charge in [0.15, 0.2) is 16.3 Å². The predicted octanol–water partition coefficient (Wildman–Crippen LogP) is 3.77. The number of nitrogens with zero attached hydrogens (tertiary/aromatic N) is 2. The van der Waals surface area contributed by atoms with Crippen molar-refractivity contribution in [2.45, 2.75) is 19.9 Å². The second-order valence-electron chi connectivity index (χ2n) is 6.23. The van der Waals surface area contributed by atoms with E-state index in [1.54, 1.807) is 6.08 Å². The number of rotatable bonds is 4. The van der Waals surface area contributed by atoms with Crippen LogP contribution in [0.5, 0.6) is 11.5 Å². The Morgan fingerprint density at radius 3 is 2.96 bits per heavy atom. The molecule has 6 heteroatoms. The average Bonchev–Trinajstić information content (AvgIpc) is 3.30. The largest absolute Gasteiger partial charge is 0.454 e. The summed E-state index contributed by atoms with van der Waals surface area (Å²) in [6.45, 7) is 2.70. The summed E-state index contributed by atoms with van der Waals surface area (Å²) in [6, 6.07) is 11.7. The molecule has 1 aromatic heterocycles. The lowest BCUT2D eigenvalue weighted by Gasteiger charge is -2.00. The van der Waals surface area contributed by atoms with E-state index in [2.05, 4.69) is 30.0 Å². The number of hydrogen-bond acceptors (Lipinski definition) is 4. The third kappa shape index (κ3) is 3.57. The molecular weight excluding hydrogens is 372 g/mol. The van der Waals surface area contributed by atoms with E-state index in [1.807, 2.05) is 28.8 Å². The number of benzene rings is 2. The van der Waals surface area contributed by atoms with Crippen LogP contribution in [0.1, 0.15) is 18.1 Å². The van der Waals surface area contributed by atoms with Gasteiger partial charge in [0, 0.05) is 6.08 Å². The molecule has 28 heavy (non-hydrogen) atoms. The Hall–Kier alpha value is -3.30. The Labute approximate surface area is 166 Å². The monoisotopic (exact) mass is 390 g/mol. The zero-order valence-corrected chi connectivity index (χ0v) is 16.2. The molecule has 0 saturated heterocycles. The molecule has 3 aromatic rings. The van der Waals surface area contributed by atoms with Crippen molar-refractivity contribution in [1.82, 2.24) is 4.57 Å². The summed E-state index contributed by atoms with van der Waals surface area (Å²) >= 11 is 1.47. The van der Waals surface area contributed by atoms with E-state index in [1.165, 1.54) is 23.0 Å². The fraction of sp³-hybridized carbons (Fsp3) is 0.182. The highest BCUT2D eigenvalue weighted by atomic mass is 32.1. The maximum Gasteiger partial charge on any atom is 0.272 e. The molecule has 2 heterocycles. The van der Waals surface area contributed by atoms with Crippen molar-refractivity contribution in [2.24, 2.45) is 4.99 Å². The highest BCUT2D eigenvalue weighted by Gasteiger charge is 2.12. The molecule has 0 N–H and O–H groups in total. The number of fused-ring (bicyclic) bond motifs is 2. The molecule has 140 valence electrons. The van der Waals surface area contributed by atoms with E-state index in [9.17, 15) is 4.79 Å². The molecule has 4 rings (SSSR count). The van der Waals surface area contributed by atoms with E-state index in [-0.39, 0.29) is 12.7 Å². The van der Waals surface area contributed by atoms with Crippen LogP contribution in [0.3, 0.4) is 0 Å². The minimum Gasteiger partial charge on any atom is -0.454 e. The van der Waals surface area contributed by atoms with Crippen LogP contribution in [-0.2, 0) is 17.8 Å². The van der Waals surface area contributed by atoms with Crippen LogP contribution in [-0.4, -0.2) is 17.3 Å². The molecule has 1 amide bonds. The van der Waals surface area contributed by atoms with Crippen molar-refractivity contribution >= 4 is 33.5 Å². The molecule has 0 aliphatic carbocycles. The fourth-order valence-corrected chi connectivity index (χ4v) is 4.08. The van der Waals surface area contributed by atoms with Crippen LogP contribution in [0.4, 0.5) is 0 Å². The van der Waals surface area contributed by atoms with E-state index in [0.29, 0.717) is 22.8 Å². The number of aryl methyl sites for hydroxylation is 1. The molecule has 0 unspecified atom stereocenters.